The molecule has 0 bridgehead atoms. The zero-order valence-corrected chi connectivity index (χ0v) is 16.2. The van der Waals surface area contributed by atoms with E-state index in [9.17, 15) is 0 Å². The SMILES string of the molecule is CSc1ccccc1NC(=S)N1CCCN(Cc2nccs2)CC1. The molecule has 2 aromatic rings. The van der Waals surface area contributed by atoms with Gasteiger partial charge in [0.2, 0.25) is 0 Å². The summed E-state index contributed by atoms with van der Waals surface area (Å²) in [5.41, 5.74) is 1.10. The number of hydrogen-bond donors (Lipinski definition) is 1. The van der Waals surface area contributed by atoms with Crippen molar-refractivity contribution >= 4 is 46.1 Å². The predicted octanol–water partition coefficient (Wildman–Crippen LogP) is 3.77. The molecule has 0 spiro atoms. The van der Waals surface area contributed by atoms with E-state index in [-0.39, 0.29) is 0 Å². The second-order valence-corrected chi connectivity index (χ2v) is 7.89. The van der Waals surface area contributed by atoms with Gasteiger partial charge < -0.3 is 10.2 Å². The van der Waals surface area contributed by atoms with Gasteiger partial charge in [0.25, 0.3) is 0 Å². The fourth-order valence-corrected chi connectivity index (χ4v) is 4.30. The topological polar surface area (TPSA) is 31.4 Å². The Morgan fingerprint density at radius 2 is 2.17 bits per heavy atom. The van der Waals surface area contributed by atoms with Crippen LogP contribution < -0.4 is 5.32 Å². The zero-order valence-electron chi connectivity index (χ0n) is 13.8. The highest BCUT2D eigenvalue weighted by atomic mass is 32.2. The van der Waals surface area contributed by atoms with Crippen molar-refractivity contribution in [2.45, 2.75) is 17.9 Å². The van der Waals surface area contributed by atoms with Crippen molar-refractivity contribution in [3.8, 4) is 0 Å². The number of thioether (sulfide) groups is 1. The van der Waals surface area contributed by atoms with Gasteiger partial charge in [-0.1, -0.05) is 12.1 Å². The first-order valence-corrected chi connectivity index (χ1v) is 10.6. The van der Waals surface area contributed by atoms with Gasteiger partial charge in [0, 0.05) is 42.7 Å². The summed E-state index contributed by atoms with van der Waals surface area (Å²) in [6.45, 7) is 5.02. The summed E-state index contributed by atoms with van der Waals surface area (Å²) in [5.74, 6) is 0. The van der Waals surface area contributed by atoms with Crippen LogP contribution in [0.4, 0.5) is 5.69 Å². The first-order chi connectivity index (χ1) is 11.8. The molecular weight excluding hydrogens is 356 g/mol. The van der Waals surface area contributed by atoms with Crippen LogP contribution in [0.5, 0.6) is 0 Å². The van der Waals surface area contributed by atoms with Crippen LogP contribution in [0.25, 0.3) is 0 Å². The van der Waals surface area contributed by atoms with Crippen molar-refractivity contribution in [1.82, 2.24) is 14.8 Å². The molecular formula is C17H22N4S3. The maximum Gasteiger partial charge on any atom is 0.173 e. The number of thiocarbonyl (C=S) groups is 1. The molecule has 1 aromatic heterocycles. The largest absolute Gasteiger partial charge is 0.348 e. The number of thiazole rings is 1. The number of anilines is 1. The molecule has 0 aliphatic carbocycles. The summed E-state index contributed by atoms with van der Waals surface area (Å²) in [5, 5.41) is 7.49. The van der Waals surface area contributed by atoms with Gasteiger partial charge in [-0.25, -0.2) is 4.98 Å². The third-order valence-corrected chi connectivity index (χ3v) is 5.99. The number of para-hydroxylation sites is 1. The molecule has 7 heteroatoms. The second-order valence-electron chi connectivity index (χ2n) is 5.67. The van der Waals surface area contributed by atoms with Crippen molar-refractivity contribution in [3.05, 3.63) is 40.8 Å². The van der Waals surface area contributed by atoms with Crippen molar-refractivity contribution < 1.29 is 0 Å². The van der Waals surface area contributed by atoms with E-state index in [1.807, 2.05) is 17.6 Å². The zero-order chi connectivity index (χ0) is 16.8. The predicted molar refractivity (Wildman–Crippen MR) is 108 cm³/mol. The summed E-state index contributed by atoms with van der Waals surface area (Å²) in [7, 11) is 0. The molecule has 1 N–H and O–H groups in total. The van der Waals surface area contributed by atoms with Crippen LogP contribution >= 0.6 is 35.3 Å². The number of rotatable bonds is 4. The maximum atomic E-state index is 5.66. The Morgan fingerprint density at radius 3 is 2.96 bits per heavy atom. The minimum Gasteiger partial charge on any atom is -0.348 e. The fraction of sp³-hybridized carbons (Fsp3) is 0.412. The standard InChI is InChI=1S/C17H22N4S3/c1-23-15-6-3-2-5-14(15)19-17(22)21-9-4-8-20(10-11-21)13-16-18-7-12-24-16/h2-3,5-7,12H,4,8-11,13H2,1H3,(H,19,22). The van der Waals surface area contributed by atoms with E-state index in [4.69, 9.17) is 12.2 Å². The van der Waals surface area contributed by atoms with Gasteiger partial charge in [-0.15, -0.1) is 23.1 Å². The van der Waals surface area contributed by atoms with E-state index in [2.05, 4.69) is 44.6 Å². The molecule has 0 unspecified atom stereocenters. The van der Waals surface area contributed by atoms with Gasteiger partial charge >= 0.3 is 0 Å². The van der Waals surface area contributed by atoms with Crippen molar-refractivity contribution in [2.75, 3.05) is 37.8 Å². The fourth-order valence-electron chi connectivity index (χ4n) is 2.80. The normalized spacial score (nSPS) is 16.0. The Hall–Kier alpha value is -1.15. The highest BCUT2D eigenvalue weighted by Crippen LogP contribution is 2.25. The molecule has 1 aliphatic heterocycles. The lowest BCUT2D eigenvalue weighted by Gasteiger charge is -2.25. The third kappa shape index (κ3) is 4.69. The molecule has 0 radical (unpaired) electrons. The lowest BCUT2D eigenvalue weighted by atomic mass is 10.3. The van der Waals surface area contributed by atoms with E-state index in [1.54, 1.807) is 23.1 Å². The molecule has 24 heavy (non-hydrogen) atoms. The van der Waals surface area contributed by atoms with Crippen LogP contribution in [0.2, 0.25) is 0 Å². The quantitative estimate of drug-likeness (QED) is 0.644. The van der Waals surface area contributed by atoms with E-state index >= 15 is 0 Å². The van der Waals surface area contributed by atoms with E-state index in [0.717, 1.165) is 49.9 Å². The molecule has 1 aliphatic rings. The molecule has 1 aromatic carbocycles. The molecule has 0 atom stereocenters. The van der Waals surface area contributed by atoms with Gasteiger partial charge in [-0.3, -0.25) is 4.90 Å². The van der Waals surface area contributed by atoms with Crippen LogP contribution in [-0.2, 0) is 6.54 Å². The minimum absolute atomic E-state index is 0.826. The van der Waals surface area contributed by atoms with Gasteiger partial charge in [0.05, 0.1) is 12.2 Å². The van der Waals surface area contributed by atoms with E-state index in [0.29, 0.717) is 0 Å². The molecule has 3 rings (SSSR count). The Kier molecular flexibility index (Phi) is 6.48. The van der Waals surface area contributed by atoms with Crippen LogP contribution in [0.3, 0.4) is 0 Å². The summed E-state index contributed by atoms with van der Waals surface area (Å²) in [4.78, 5) is 10.4. The number of nitrogens with one attached hydrogen (secondary N) is 1. The third-order valence-electron chi connectivity index (χ3n) is 4.07. The number of aromatic nitrogens is 1. The average molecular weight is 379 g/mol. The molecule has 1 saturated heterocycles. The Balaban J connectivity index is 1.56. The van der Waals surface area contributed by atoms with Gasteiger partial charge in [-0.05, 0) is 37.0 Å². The second kappa shape index (κ2) is 8.80. The van der Waals surface area contributed by atoms with Crippen LogP contribution in [0, 0.1) is 0 Å². The Bertz CT molecular complexity index is 660. The van der Waals surface area contributed by atoms with Gasteiger partial charge in [0.15, 0.2) is 5.11 Å². The monoisotopic (exact) mass is 378 g/mol. The summed E-state index contributed by atoms with van der Waals surface area (Å²) >= 11 is 9.12. The number of nitrogens with zero attached hydrogens (tertiary/aromatic N) is 3. The first kappa shape index (κ1) is 17.7. The molecule has 1 fully saturated rings. The molecule has 128 valence electrons. The van der Waals surface area contributed by atoms with Crippen molar-refractivity contribution in [3.63, 3.8) is 0 Å². The summed E-state index contributed by atoms with van der Waals surface area (Å²) in [6.07, 6.45) is 5.09. The lowest BCUT2D eigenvalue weighted by molar-refractivity contribution is 0.278. The Morgan fingerprint density at radius 1 is 1.29 bits per heavy atom. The maximum absolute atomic E-state index is 5.66. The first-order valence-electron chi connectivity index (χ1n) is 8.06. The smallest absolute Gasteiger partial charge is 0.173 e. The molecule has 0 saturated carbocycles. The van der Waals surface area contributed by atoms with E-state index < -0.39 is 0 Å². The minimum atomic E-state index is 0.826. The highest BCUT2D eigenvalue weighted by molar-refractivity contribution is 7.98. The molecule has 2 heterocycles. The average Bonchev–Trinajstić information content (AvgIpc) is 2.99. The molecule has 0 amide bonds. The van der Waals surface area contributed by atoms with Crippen molar-refractivity contribution in [2.24, 2.45) is 0 Å². The number of benzene rings is 1. The van der Waals surface area contributed by atoms with E-state index in [1.165, 1.54) is 9.90 Å². The molecule has 4 nitrogen and oxygen atoms in total. The van der Waals surface area contributed by atoms with Crippen LogP contribution in [0.15, 0.2) is 40.7 Å². The van der Waals surface area contributed by atoms with Gasteiger partial charge in [-0.2, -0.15) is 0 Å². The summed E-state index contributed by atoms with van der Waals surface area (Å²) in [6, 6.07) is 8.31. The van der Waals surface area contributed by atoms with Gasteiger partial charge in [0.1, 0.15) is 5.01 Å². The van der Waals surface area contributed by atoms with Crippen molar-refractivity contribution in [1.29, 1.82) is 0 Å². The Labute approximate surface area is 157 Å². The van der Waals surface area contributed by atoms with Crippen LogP contribution in [0.1, 0.15) is 11.4 Å². The van der Waals surface area contributed by atoms with Crippen LogP contribution in [-0.4, -0.2) is 52.3 Å². The highest BCUT2D eigenvalue weighted by Gasteiger charge is 2.18. The number of hydrogen-bond acceptors (Lipinski definition) is 5. The lowest BCUT2D eigenvalue weighted by Crippen LogP contribution is -2.37. The summed E-state index contributed by atoms with van der Waals surface area (Å²) < 4.78 is 0.